The van der Waals surface area contributed by atoms with Crippen LogP contribution < -0.4 is 11.1 Å². The predicted molar refractivity (Wildman–Crippen MR) is 132 cm³/mol. The molecule has 36 heavy (non-hydrogen) atoms. The summed E-state index contributed by atoms with van der Waals surface area (Å²) < 4.78 is 41.0. The van der Waals surface area contributed by atoms with Crippen LogP contribution in [0, 0.1) is 0 Å². The highest BCUT2D eigenvalue weighted by Crippen LogP contribution is 2.33. The summed E-state index contributed by atoms with van der Waals surface area (Å²) in [6, 6.07) is 15.2. The summed E-state index contributed by atoms with van der Waals surface area (Å²) in [6.07, 6.45) is -0.985. The van der Waals surface area contributed by atoms with Crippen LogP contribution in [0.2, 0.25) is 0 Å². The van der Waals surface area contributed by atoms with Crippen LogP contribution >= 0.6 is 0 Å². The van der Waals surface area contributed by atoms with E-state index in [1.165, 1.54) is 5.56 Å². The number of rotatable bonds is 8. The Morgan fingerprint density at radius 2 is 1.72 bits per heavy atom. The third-order valence-corrected chi connectivity index (χ3v) is 6.67. The maximum Gasteiger partial charge on any atom is 0.419 e. The van der Waals surface area contributed by atoms with Crippen molar-refractivity contribution in [3.05, 3.63) is 82.7 Å². The highest BCUT2D eigenvalue weighted by atomic mass is 19.4. The number of carbonyl (C=O) groups is 1. The van der Waals surface area contributed by atoms with Gasteiger partial charge in [-0.3, -0.25) is 5.73 Å². The molecule has 1 saturated heterocycles. The number of piperidine rings is 1. The molecule has 0 atom stereocenters. The summed E-state index contributed by atoms with van der Waals surface area (Å²) in [5.74, 6) is 0.394. The van der Waals surface area contributed by atoms with Gasteiger partial charge in [0.1, 0.15) is 0 Å². The third-order valence-electron chi connectivity index (χ3n) is 6.67. The molecule has 1 fully saturated rings. The van der Waals surface area contributed by atoms with E-state index in [4.69, 9.17) is 0 Å². The van der Waals surface area contributed by atoms with Crippen LogP contribution in [-0.2, 0) is 30.2 Å². The van der Waals surface area contributed by atoms with Gasteiger partial charge in [-0.15, -0.1) is 0 Å². The number of aryl methyl sites for hydroxylation is 2. The van der Waals surface area contributed by atoms with Crippen LogP contribution in [0.4, 0.5) is 24.8 Å². The Bertz CT molecular complexity index is 1190. The molecule has 6 nitrogen and oxygen atoms in total. The Morgan fingerprint density at radius 3 is 2.36 bits per heavy atom. The van der Waals surface area contributed by atoms with Crippen LogP contribution in [-0.4, -0.2) is 40.9 Å². The first-order chi connectivity index (χ1) is 17.2. The number of likely N-dealkylation sites (tertiary alicyclic amines) is 1. The number of hydrogen-bond acceptors (Lipinski definition) is 5. The molecule has 2 heterocycles. The predicted octanol–water partition coefficient (Wildman–Crippen LogP) is 4.14. The van der Waals surface area contributed by atoms with Gasteiger partial charge in [-0.05, 0) is 80.6 Å². The van der Waals surface area contributed by atoms with Crippen molar-refractivity contribution in [2.45, 2.75) is 44.2 Å². The number of anilines is 2. The highest BCUT2D eigenvalue weighted by molar-refractivity contribution is 5.68. The van der Waals surface area contributed by atoms with Crippen molar-refractivity contribution in [1.29, 1.82) is 0 Å². The van der Waals surface area contributed by atoms with Gasteiger partial charge in [-0.1, -0.05) is 36.4 Å². The van der Waals surface area contributed by atoms with E-state index in [0.29, 0.717) is 12.3 Å². The van der Waals surface area contributed by atoms with E-state index in [0.717, 1.165) is 48.9 Å². The topological polar surface area (TPSA) is 85.8 Å². The smallest absolute Gasteiger partial charge is 0.324 e. The number of benzene rings is 2. The molecule has 4 N–H and O–H groups in total. The zero-order valence-electron chi connectivity index (χ0n) is 20.3. The SMILES string of the molecule is CN1CCC(c2ccc(Nc3ncc(C(F)(F)F)c(CCc4ccccc4CC([NH3+])=O)n3)cc2)CC1. The molecule has 1 amide bonds. The molecule has 0 radical (unpaired) electrons. The Labute approximate surface area is 208 Å². The first kappa shape index (κ1) is 25.8. The van der Waals surface area contributed by atoms with Crippen LogP contribution in [0.25, 0.3) is 0 Å². The van der Waals surface area contributed by atoms with E-state index >= 15 is 0 Å². The average Bonchev–Trinajstić information content (AvgIpc) is 2.84. The van der Waals surface area contributed by atoms with Crippen molar-refractivity contribution >= 4 is 17.5 Å². The third kappa shape index (κ3) is 6.67. The molecule has 2 aromatic carbocycles. The average molecular weight is 499 g/mol. The van der Waals surface area contributed by atoms with Crippen molar-refractivity contribution < 1.29 is 23.7 Å². The number of quaternary nitrogens is 1. The zero-order valence-corrected chi connectivity index (χ0v) is 20.3. The molecule has 0 unspecified atom stereocenters. The number of nitrogens with zero attached hydrogens (tertiary/aromatic N) is 3. The Kier molecular flexibility index (Phi) is 8.01. The maximum absolute atomic E-state index is 13.7. The number of hydrogen-bond donors (Lipinski definition) is 2. The van der Waals surface area contributed by atoms with Gasteiger partial charge in [0.05, 0.1) is 17.7 Å². The summed E-state index contributed by atoms with van der Waals surface area (Å²) in [4.78, 5) is 22.0. The van der Waals surface area contributed by atoms with E-state index in [1.807, 2.05) is 18.2 Å². The standard InChI is InChI=1S/C27H30F3N5O/c1-35-14-12-20(13-15-35)19-6-9-22(10-7-19)33-26-32-17-23(27(28,29)30)24(34-26)11-8-18-4-2-3-5-21(18)16-25(31)36/h2-7,9-10,17,20H,8,11-16H2,1H3,(H2,31,36)(H,32,33,34)/p+1. The number of carbonyl (C=O) groups excluding carboxylic acids is 1. The lowest BCUT2D eigenvalue weighted by molar-refractivity contribution is -0.304. The summed E-state index contributed by atoms with van der Waals surface area (Å²) in [5.41, 5.74) is 6.03. The summed E-state index contributed by atoms with van der Waals surface area (Å²) in [7, 11) is 2.13. The van der Waals surface area contributed by atoms with Gasteiger partial charge >= 0.3 is 12.1 Å². The van der Waals surface area contributed by atoms with Gasteiger partial charge < -0.3 is 10.2 Å². The first-order valence-electron chi connectivity index (χ1n) is 12.1. The fourth-order valence-corrected chi connectivity index (χ4v) is 4.65. The molecule has 0 saturated carbocycles. The molecule has 9 heteroatoms. The van der Waals surface area contributed by atoms with Gasteiger partial charge in [0.2, 0.25) is 5.95 Å². The van der Waals surface area contributed by atoms with E-state index < -0.39 is 11.7 Å². The van der Waals surface area contributed by atoms with E-state index in [-0.39, 0.29) is 30.4 Å². The number of aromatic nitrogens is 2. The lowest BCUT2D eigenvalue weighted by Crippen LogP contribution is -2.57. The van der Waals surface area contributed by atoms with E-state index in [9.17, 15) is 18.0 Å². The monoisotopic (exact) mass is 498 g/mol. The molecular weight excluding hydrogens is 467 g/mol. The molecular formula is C27H31F3N5O+. The van der Waals surface area contributed by atoms with Gasteiger partial charge in [-0.2, -0.15) is 13.2 Å². The summed E-state index contributed by atoms with van der Waals surface area (Å²) in [6.45, 7) is 2.14. The highest BCUT2D eigenvalue weighted by Gasteiger charge is 2.35. The Hall–Kier alpha value is -3.30. The fourth-order valence-electron chi connectivity index (χ4n) is 4.65. The van der Waals surface area contributed by atoms with Gasteiger partial charge in [0.25, 0.3) is 0 Å². The molecule has 0 spiro atoms. The van der Waals surface area contributed by atoms with Crippen LogP contribution in [0.15, 0.2) is 54.7 Å². The van der Waals surface area contributed by atoms with Crippen LogP contribution in [0.3, 0.4) is 0 Å². The minimum absolute atomic E-state index is 0.0590. The summed E-state index contributed by atoms with van der Waals surface area (Å²) in [5, 5.41) is 3.05. The second kappa shape index (κ2) is 11.2. The second-order valence-electron chi connectivity index (χ2n) is 9.36. The van der Waals surface area contributed by atoms with Gasteiger partial charge in [-0.25, -0.2) is 14.8 Å². The number of alkyl halides is 3. The van der Waals surface area contributed by atoms with Crippen molar-refractivity contribution in [2.75, 3.05) is 25.5 Å². The van der Waals surface area contributed by atoms with Crippen molar-refractivity contribution in [2.24, 2.45) is 0 Å². The minimum atomic E-state index is -4.56. The fraction of sp³-hybridized carbons (Fsp3) is 0.370. The molecule has 0 aliphatic carbocycles. The van der Waals surface area contributed by atoms with Gasteiger partial charge in [0.15, 0.2) is 0 Å². The maximum atomic E-state index is 13.7. The molecule has 190 valence electrons. The van der Waals surface area contributed by atoms with Crippen molar-refractivity contribution in [3.63, 3.8) is 0 Å². The molecule has 3 aromatic rings. The molecule has 1 aliphatic rings. The van der Waals surface area contributed by atoms with E-state index in [1.54, 1.807) is 18.2 Å². The largest absolute Gasteiger partial charge is 0.419 e. The molecule has 1 aromatic heterocycles. The minimum Gasteiger partial charge on any atom is -0.324 e. The van der Waals surface area contributed by atoms with Crippen molar-refractivity contribution in [1.82, 2.24) is 14.9 Å². The van der Waals surface area contributed by atoms with Crippen molar-refractivity contribution in [3.8, 4) is 0 Å². The van der Waals surface area contributed by atoms with Gasteiger partial charge in [0, 0.05) is 11.9 Å². The Balaban J connectivity index is 1.50. The first-order valence-corrected chi connectivity index (χ1v) is 12.1. The molecule has 1 aliphatic heterocycles. The van der Waals surface area contributed by atoms with Crippen LogP contribution in [0.5, 0.6) is 0 Å². The normalized spacial score (nSPS) is 15.1. The lowest BCUT2D eigenvalue weighted by Gasteiger charge is -2.29. The Morgan fingerprint density at radius 1 is 1.06 bits per heavy atom. The number of nitrogens with one attached hydrogen (secondary N) is 1. The summed E-state index contributed by atoms with van der Waals surface area (Å²) >= 11 is 0. The lowest BCUT2D eigenvalue weighted by atomic mass is 9.89. The van der Waals surface area contributed by atoms with E-state index in [2.05, 4.69) is 45.1 Å². The number of amides is 1. The van der Waals surface area contributed by atoms with Crippen LogP contribution in [0.1, 0.15) is 46.7 Å². The molecule has 0 bridgehead atoms. The zero-order chi connectivity index (χ0) is 25.7. The number of halogens is 3. The molecule has 4 rings (SSSR count). The quantitative estimate of drug-likeness (QED) is 0.488. The second-order valence-corrected chi connectivity index (χ2v) is 9.36.